The maximum atomic E-state index is 8.56. The van der Waals surface area contributed by atoms with Crippen LogP contribution in [0.15, 0.2) is 0 Å². The van der Waals surface area contributed by atoms with Gasteiger partial charge in [0.2, 0.25) is 8.53 Å². The summed E-state index contributed by atoms with van der Waals surface area (Å²) in [7, 11) is -1.88. The van der Waals surface area contributed by atoms with E-state index in [9.17, 15) is 0 Å². The lowest BCUT2D eigenvalue weighted by Crippen LogP contribution is -2.07. The lowest BCUT2D eigenvalue weighted by molar-refractivity contribution is 0.461. The second-order valence-corrected chi connectivity index (χ2v) is 4.57. The van der Waals surface area contributed by atoms with Crippen molar-refractivity contribution in [2.24, 2.45) is 0 Å². The van der Waals surface area contributed by atoms with Crippen molar-refractivity contribution in [3.63, 3.8) is 0 Å². The second kappa shape index (κ2) is 11.4. The van der Waals surface area contributed by atoms with Crippen molar-refractivity contribution < 1.29 is 9.79 Å². The molecule has 0 rings (SSSR count). The van der Waals surface area contributed by atoms with E-state index >= 15 is 0 Å². The molecule has 3 nitrogen and oxygen atoms in total. The zero-order valence-electron chi connectivity index (χ0n) is 9.21. The van der Waals surface area contributed by atoms with Crippen LogP contribution >= 0.6 is 8.53 Å². The Bertz CT molecular complexity index is 112. The van der Waals surface area contributed by atoms with Crippen LogP contribution in [0.25, 0.3) is 0 Å². The van der Waals surface area contributed by atoms with Gasteiger partial charge in [0.15, 0.2) is 0 Å². The molecule has 0 aromatic rings. The highest BCUT2D eigenvalue weighted by molar-refractivity contribution is 7.42. The van der Waals surface area contributed by atoms with E-state index in [1.165, 1.54) is 44.9 Å². The van der Waals surface area contributed by atoms with Gasteiger partial charge in [-0.25, -0.2) is 0 Å². The Morgan fingerprint density at radius 2 is 1.36 bits per heavy atom. The molecule has 0 saturated heterocycles. The highest BCUT2D eigenvalue weighted by Gasteiger charge is 1.95. The minimum absolute atomic E-state index is 0.730. The number of rotatable bonds is 10. The van der Waals surface area contributed by atoms with E-state index in [2.05, 4.69) is 12.0 Å². The first-order valence-electron chi connectivity index (χ1n) is 5.68. The molecular formula is C10H24NO2P. The summed E-state index contributed by atoms with van der Waals surface area (Å²) in [5.41, 5.74) is 0. The molecule has 0 bridgehead atoms. The maximum Gasteiger partial charge on any atom is 0.250 e. The zero-order valence-corrected chi connectivity index (χ0v) is 10.1. The molecule has 3 N–H and O–H groups in total. The van der Waals surface area contributed by atoms with Crippen molar-refractivity contribution in [3.8, 4) is 0 Å². The van der Waals surface area contributed by atoms with Crippen molar-refractivity contribution >= 4 is 8.53 Å². The van der Waals surface area contributed by atoms with Crippen LogP contribution in [0.2, 0.25) is 0 Å². The van der Waals surface area contributed by atoms with Crippen LogP contribution in [0.1, 0.15) is 58.3 Å². The van der Waals surface area contributed by atoms with Crippen LogP contribution in [-0.2, 0) is 0 Å². The summed E-state index contributed by atoms with van der Waals surface area (Å²) in [4.78, 5) is 17.1. The van der Waals surface area contributed by atoms with E-state index in [-0.39, 0.29) is 0 Å². The molecule has 4 heteroatoms. The van der Waals surface area contributed by atoms with Gasteiger partial charge in [-0.1, -0.05) is 51.9 Å². The first kappa shape index (κ1) is 14.3. The van der Waals surface area contributed by atoms with Gasteiger partial charge in [-0.05, 0) is 6.42 Å². The van der Waals surface area contributed by atoms with Crippen molar-refractivity contribution in [2.75, 3.05) is 6.54 Å². The molecule has 0 aliphatic carbocycles. The van der Waals surface area contributed by atoms with Gasteiger partial charge < -0.3 is 9.79 Å². The van der Waals surface area contributed by atoms with E-state index in [0.717, 1.165) is 13.0 Å². The molecule has 0 aliphatic heterocycles. The normalized spacial score (nSPS) is 11.1. The standard InChI is InChI=1S/C10H24NO2P/c1-2-3-4-5-6-7-8-9-10-11-14(12)13/h11-13H,2-10H2,1H3. The second-order valence-electron chi connectivity index (χ2n) is 3.67. The average Bonchev–Trinajstić information content (AvgIpc) is 2.15. The molecule has 0 atom stereocenters. The summed E-state index contributed by atoms with van der Waals surface area (Å²) in [6.07, 6.45) is 10.2. The van der Waals surface area contributed by atoms with Crippen molar-refractivity contribution in [3.05, 3.63) is 0 Å². The number of hydrogen-bond donors (Lipinski definition) is 3. The van der Waals surface area contributed by atoms with E-state index in [4.69, 9.17) is 9.79 Å². The topological polar surface area (TPSA) is 52.5 Å². The van der Waals surface area contributed by atoms with E-state index in [1.807, 2.05) is 0 Å². The molecule has 0 aromatic heterocycles. The van der Waals surface area contributed by atoms with Crippen molar-refractivity contribution in [1.29, 1.82) is 0 Å². The van der Waals surface area contributed by atoms with E-state index in [1.54, 1.807) is 0 Å². The molecule has 0 aliphatic rings. The monoisotopic (exact) mass is 221 g/mol. The molecule has 0 aromatic carbocycles. The molecule has 0 saturated carbocycles. The van der Waals surface area contributed by atoms with Gasteiger partial charge in [-0.3, -0.25) is 5.09 Å². The largest absolute Gasteiger partial charge is 0.338 e. The molecule has 0 unspecified atom stereocenters. The van der Waals surface area contributed by atoms with Crippen LogP contribution in [0.5, 0.6) is 0 Å². The lowest BCUT2D eigenvalue weighted by atomic mass is 10.1. The van der Waals surface area contributed by atoms with Gasteiger partial charge in [0.25, 0.3) is 0 Å². The van der Waals surface area contributed by atoms with Crippen LogP contribution in [0.3, 0.4) is 0 Å². The first-order chi connectivity index (χ1) is 6.77. The Kier molecular flexibility index (Phi) is 11.6. The average molecular weight is 221 g/mol. The highest BCUT2D eigenvalue weighted by Crippen LogP contribution is 2.15. The summed E-state index contributed by atoms with van der Waals surface area (Å²) in [5, 5.41) is 2.63. The summed E-state index contributed by atoms with van der Waals surface area (Å²) in [6.45, 7) is 2.96. The van der Waals surface area contributed by atoms with Gasteiger partial charge in [0.05, 0.1) is 0 Å². The fraction of sp³-hybridized carbons (Fsp3) is 1.00. The minimum atomic E-state index is -1.88. The molecule has 0 heterocycles. The molecule has 0 fully saturated rings. The smallest absolute Gasteiger partial charge is 0.250 e. The predicted molar refractivity (Wildman–Crippen MR) is 62.0 cm³/mol. The summed E-state index contributed by atoms with van der Waals surface area (Å²) < 4.78 is 0. The summed E-state index contributed by atoms with van der Waals surface area (Å²) in [6, 6.07) is 0. The Morgan fingerprint density at radius 3 is 1.86 bits per heavy atom. The molecule has 14 heavy (non-hydrogen) atoms. The predicted octanol–water partition coefficient (Wildman–Crippen LogP) is 2.93. The lowest BCUT2D eigenvalue weighted by Gasteiger charge is -2.04. The number of nitrogens with one attached hydrogen (secondary N) is 1. The Labute approximate surface area is 88.9 Å². The van der Waals surface area contributed by atoms with Gasteiger partial charge in [-0.15, -0.1) is 0 Å². The summed E-state index contributed by atoms with van der Waals surface area (Å²) >= 11 is 0. The maximum absolute atomic E-state index is 8.56. The quantitative estimate of drug-likeness (QED) is 0.392. The van der Waals surface area contributed by atoms with E-state index < -0.39 is 8.53 Å². The van der Waals surface area contributed by atoms with Crippen molar-refractivity contribution in [1.82, 2.24) is 5.09 Å². The Balaban J connectivity index is 2.85. The van der Waals surface area contributed by atoms with Gasteiger partial charge in [-0.2, -0.15) is 0 Å². The third-order valence-corrected chi connectivity index (χ3v) is 2.79. The summed E-state index contributed by atoms with van der Waals surface area (Å²) in [5.74, 6) is 0. The molecule has 0 spiro atoms. The fourth-order valence-electron chi connectivity index (χ4n) is 1.44. The SMILES string of the molecule is CCCCCCCCCCNP(O)O. The Hall–Kier alpha value is 0.310. The third-order valence-electron chi connectivity index (χ3n) is 2.28. The van der Waals surface area contributed by atoms with Gasteiger partial charge in [0.1, 0.15) is 0 Å². The fourth-order valence-corrected chi connectivity index (χ4v) is 1.80. The Morgan fingerprint density at radius 1 is 0.857 bits per heavy atom. The molecule has 0 radical (unpaired) electrons. The molecule has 0 amide bonds. The van der Waals surface area contributed by atoms with Gasteiger partial charge >= 0.3 is 0 Å². The highest BCUT2D eigenvalue weighted by atomic mass is 31.2. The zero-order chi connectivity index (χ0) is 10.6. The van der Waals surface area contributed by atoms with E-state index in [0.29, 0.717) is 0 Å². The van der Waals surface area contributed by atoms with Crippen LogP contribution in [0, 0.1) is 0 Å². The first-order valence-corrected chi connectivity index (χ1v) is 6.93. The number of hydrogen-bond acceptors (Lipinski definition) is 3. The molecular weight excluding hydrogens is 197 g/mol. The van der Waals surface area contributed by atoms with Crippen LogP contribution in [-0.4, -0.2) is 16.3 Å². The van der Waals surface area contributed by atoms with Crippen LogP contribution < -0.4 is 5.09 Å². The third kappa shape index (κ3) is 12.3. The van der Waals surface area contributed by atoms with Crippen LogP contribution in [0.4, 0.5) is 0 Å². The van der Waals surface area contributed by atoms with Crippen molar-refractivity contribution in [2.45, 2.75) is 58.3 Å². The number of unbranched alkanes of at least 4 members (excludes halogenated alkanes) is 7. The van der Waals surface area contributed by atoms with Gasteiger partial charge in [0, 0.05) is 6.54 Å². The molecule has 86 valence electrons. The minimum Gasteiger partial charge on any atom is -0.338 e.